The summed E-state index contributed by atoms with van der Waals surface area (Å²) in [6.45, 7) is 8.57. The van der Waals surface area contributed by atoms with Gasteiger partial charge in [-0.05, 0) is 42.9 Å². The van der Waals surface area contributed by atoms with Crippen LogP contribution in [0, 0.1) is 19.8 Å². The number of aryl methyl sites for hydroxylation is 2. The Morgan fingerprint density at radius 2 is 1.55 bits per heavy atom. The van der Waals surface area contributed by atoms with Crippen LogP contribution >= 0.6 is 0 Å². The first kappa shape index (κ1) is 14.8. The molecule has 20 heavy (non-hydrogen) atoms. The zero-order chi connectivity index (χ0) is 14.7. The predicted octanol–water partition coefficient (Wildman–Crippen LogP) is 4.58. The fraction of sp³-hybridized carbons (Fsp3) is 0.368. The van der Waals surface area contributed by atoms with E-state index in [-0.39, 0.29) is 0 Å². The molecule has 0 saturated heterocycles. The minimum absolute atomic E-state index is 0.541. The minimum Gasteiger partial charge on any atom is -0.384 e. The Kier molecular flexibility index (Phi) is 4.61. The minimum atomic E-state index is -0.541. The molecule has 0 aliphatic rings. The van der Waals surface area contributed by atoms with Gasteiger partial charge in [-0.2, -0.15) is 0 Å². The summed E-state index contributed by atoms with van der Waals surface area (Å²) >= 11 is 0. The van der Waals surface area contributed by atoms with Gasteiger partial charge in [0.2, 0.25) is 0 Å². The van der Waals surface area contributed by atoms with E-state index in [0.29, 0.717) is 5.92 Å². The Morgan fingerprint density at radius 1 is 0.900 bits per heavy atom. The predicted molar refractivity (Wildman–Crippen MR) is 85.0 cm³/mol. The molecule has 0 radical (unpaired) electrons. The van der Waals surface area contributed by atoms with Crippen LogP contribution in [0.15, 0.2) is 42.5 Å². The molecule has 0 fully saturated rings. The highest BCUT2D eigenvalue weighted by atomic mass is 16.3. The van der Waals surface area contributed by atoms with Gasteiger partial charge < -0.3 is 5.11 Å². The van der Waals surface area contributed by atoms with E-state index in [1.807, 2.05) is 12.1 Å². The quantitative estimate of drug-likeness (QED) is 0.860. The standard InChI is InChI=1S/C19H24O/c1-13(2)8-16-6-5-7-17(12-16)19(20)18-10-14(3)9-15(4)11-18/h5-7,9-13,19-20H,8H2,1-4H3. The maximum atomic E-state index is 10.6. The number of rotatable bonds is 4. The Bertz CT molecular complexity index is 564. The molecule has 0 aliphatic heterocycles. The fourth-order valence-corrected chi connectivity index (χ4v) is 2.72. The van der Waals surface area contributed by atoms with Crippen molar-refractivity contribution in [2.45, 2.75) is 40.2 Å². The van der Waals surface area contributed by atoms with Gasteiger partial charge in [-0.3, -0.25) is 0 Å². The third-order valence-corrected chi connectivity index (χ3v) is 3.47. The lowest BCUT2D eigenvalue weighted by molar-refractivity contribution is 0.220. The van der Waals surface area contributed by atoms with Crippen LogP contribution in [-0.2, 0) is 6.42 Å². The van der Waals surface area contributed by atoms with Gasteiger partial charge in [0, 0.05) is 0 Å². The summed E-state index contributed by atoms with van der Waals surface area (Å²) in [5.74, 6) is 0.628. The first-order valence-corrected chi connectivity index (χ1v) is 7.31. The molecule has 0 amide bonds. The largest absolute Gasteiger partial charge is 0.384 e. The molecule has 106 valence electrons. The van der Waals surface area contributed by atoms with Gasteiger partial charge in [0.25, 0.3) is 0 Å². The molecule has 0 heterocycles. The van der Waals surface area contributed by atoms with E-state index in [1.54, 1.807) is 0 Å². The number of aliphatic hydroxyl groups excluding tert-OH is 1. The second-order valence-corrected chi connectivity index (χ2v) is 6.17. The summed E-state index contributed by atoms with van der Waals surface area (Å²) in [6, 6.07) is 14.6. The highest BCUT2D eigenvalue weighted by Gasteiger charge is 2.12. The fourth-order valence-electron chi connectivity index (χ4n) is 2.72. The van der Waals surface area contributed by atoms with Gasteiger partial charge in [-0.1, -0.05) is 67.4 Å². The summed E-state index contributed by atoms with van der Waals surface area (Å²) < 4.78 is 0. The molecule has 0 bridgehead atoms. The molecule has 0 aliphatic carbocycles. The molecule has 0 spiro atoms. The lowest BCUT2D eigenvalue weighted by Crippen LogP contribution is -2.02. The molecule has 2 aromatic carbocycles. The Hall–Kier alpha value is -1.60. The van der Waals surface area contributed by atoms with Gasteiger partial charge in [-0.15, -0.1) is 0 Å². The molecule has 1 unspecified atom stereocenters. The Labute approximate surface area is 122 Å². The van der Waals surface area contributed by atoms with E-state index < -0.39 is 6.10 Å². The van der Waals surface area contributed by atoms with Crippen molar-refractivity contribution in [1.29, 1.82) is 0 Å². The molecule has 0 aromatic heterocycles. The van der Waals surface area contributed by atoms with Gasteiger partial charge in [0.15, 0.2) is 0 Å². The van der Waals surface area contributed by atoms with Crippen LogP contribution in [0.1, 0.15) is 47.8 Å². The van der Waals surface area contributed by atoms with Crippen molar-refractivity contribution in [2.75, 3.05) is 0 Å². The van der Waals surface area contributed by atoms with Gasteiger partial charge in [-0.25, -0.2) is 0 Å². The molecular weight excluding hydrogens is 244 g/mol. The molecule has 1 atom stereocenters. The molecule has 2 aromatic rings. The zero-order valence-electron chi connectivity index (χ0n) is 12.9. The average Bonchev–Trinajstić information content (AvgIpc) is 2.36. The second kappa shape index (κ2) is 6.23. The number of benzene rings is 2. The van der Waals surface area contributed by atoms with Crippen molar-refractivity contribution in [3.8, 4) is 0 Å². The van der Waals surface area contributed by atoms with Crippen molar-refractivity contribution in [1.82, 2.24) is 0 Å². The van der Waals surface area contributed by atoms with Crippen LogP contribution in [-0.4, -0.2) is 5.11 Å². The van der Waals surface area contributed by atoms with Crippen molar-refractivity contribution in [2.24, 2.45) is 5.92 Å². The van der Waals surface area contributed by atoms with Crippen LogP contribution < -0.4 is 0 Å². The van der Waals surface area contributed by atoms with E-state index >= 15 is 0 Å². The molecule has 2 rings (SSSR count). The zero-order valence-corrected chi connectivity index (χ0v) is 12.9. The van der Waals surface area contributed by atoms with Gasteiger partial charge in [0.1, 0.15) is 6.10 Å². The molecule has 0 saturated carbocycles. The summed E-state index contributed by atoms with van der Waals surface area (Å²) in [7, 11) is 0. The molecule has 1 nitrogen and oxygen atoms in total. The van der Waals surface area contributed by atoms with Crippen molar-refractivity contribution in [3.63, 3.8) is 0 Å². The molecule has 1 N–H and O–H groups in total. The third kappa shape index (κ3) is 3.71. The highest BCUT2D eigenvalue weighted by molar-refractivity contribution is 5.36. The smallest absolute Gasteiger partial charge is 0.104 e. The maximum absolute atomic E-state index is 10.6. The van der Waals surface area contributed by atoms with Crippen molar-refractivity contribution in [3.05, 3.63) is 70.3 Å². The second-order valence-electron chi connectivity index (χ2n) is 6.17. The molecule has 1 heteroatoms. The lowest BCUT2D eigenvalue weighted by Gasteiger charge is -2.15. The topological polar surface area (TPSA) is 20.2 Å². The number of aliphatic hydroxyl groups is 1. The Balaban J connectivity index is 2.30. The van der Waals surface area contributed by atoms with Crippen LogP contribution in [0.4, 0.5) is 0 Å². The van der Waals surface area contributed by atoms with Crippen LogP contribution in [0.25, 0.3) is 0 Å². The highest BCUT2D eigenvalue weighted by Crippen LogP contribution is 2.25. The first-order valence-electron chi connectivity index (χ1n) is 7.31. The van der Waals surface area contributed by atoms with E-state index in [9.17, 15) is 5.11 Å². The number of hydrogen-bond acceptors (Lipinski definition) is 1. The summed E-state index contributed by atoms with van der Waals surface area (Å²) in [6.07, 6.45) is 0.508. The van der Waals surface area contributed by atoms with Gasteiger partial charge >= 0.3 is 0 Å². The molecular formula is C19H24O. The maximum Gasteiger partial charge on any atom is 0.104 e. The summed E-state index contributed by atoms with van der Waals surface area (Å²) in [4.78, 5) is 0. The summed E-state index contributed by atoms with van der Waals surface area (Å²) in [5.41, 5.74) is 5.63. The van der Waals surface area contributed by atoms with Crippen LogP contribution in [0.5, 0.6) is 0 Å². The SMILES string of the molecule is Cc1cc(C)cc(C(O)c2cccc(CC(C)C)c2)c1. The normalized spacial score (nSPS) is 12.7. The van der Waals surface area contributed by atoms with E-state index in [1.165, 1.54) is 16.7 Å². The first-order chi connectivity index (χ1) is 9.45. The number of hydrogen-bond donors (Lipinski definition) is 1. The Morgan fingerprint density at radius 3 is 2.15 bits per heavy atom. The van der Waals surface area contributed by atoms with Crippen LogP contribution in [0.2, 0.25) is 0 Å². The summed E-state index contributed by atoms with van der Waals surface area (Å²) in [5, 5.41) is 10.6. The third-order valence-electron chi connectivity index (χ3n) is 3.47. The van der Waals surface area contributed by atoms with E-state index in [2.05, 4.69) is 58.0 Å². The average molecular weight is 268 g/mol. The van der Waals surface area contributed by atoms with Crippen molar-refractivity contribution < 1.29 is 5.11 Å². The van der Waals surface area contributed by atoms with Gasteiger partial charge in [0.05, 0.1) is 0 Å². The lowest BCUT2D eigenvalue weighted by atomic mass is 9.95. The van der Waals surface area contributed by atoms with E-state index in [0.717, 1.165) is 17.5 Å². The van der Waals surface area contributed by atoms with Crippen molar-refractivity contribution >= 4 is 0 Å². The van der Waals surface area contributed by atoms with E-state index in [4.69, 9.17) is 0 Å². The monoisotopic (exact) mass is 268 g/mol. The van der Waals surface area contributed by atoms with Crippen LogP contribution in [0.3, 0.4) is 0 Å².